The Bertz CT molecular complexity index is 407. The maximum atomic E-state index is 13.1. The van der Waals surface area contributed by atoms with E-state index in [2.05, 4.69) is 0 Å². The predicted molar refractivity (Wildman–Crippen MR) is 52.3 cm³/mol. The lowest BCUT2D eigenvalue weighted by molar-refractivity contribution is -0.144. The summed E-state index contributed by atoms with van der Waals surface area (Å²) in [6, 6.07) is 3.26. The molecule has 1 N–H and O–H groups in total. The molecule has 1 aromatic carbocycles. The predicted octanol–water partition coefficient (Wildman–Crippen LogP) is 3.13. The van der Waals surface area contributed by atoms with Crippen LogP contribution in [-0.4, -0.2) is 17.0 Å². The number of benzene rings is 1. The smallest absolute Gasteiger partial charge is 0.309 e. The second-order valence-electron chi connectivity index (χ2n) is 3.34. The zero-order valence-electron chi connectivity index (χ0n) is 8.01. The van der Waals surface area contributed by atoms with Crippen molar-refractivity contribution >= 4 is 17.6 Å². The fourth-order valence-electron chi connectivity index (χ4n) is 1.24. The van der Waals surface area contributed by atoms with Gasteiger partial charge in [-0.3, -0.25) is 4.79 Å². The molecule has 0 aliphatic heterocycles. The number of hydrogen-bond donors (Lipinski definition) is 1. The molecule has 6 heteroatoms. The van der Waals surface area contributed by atoms with E-state index in [0.29, 0.717) is 0 Å². The molecule has 88 valence electrons. The number of aliphatic carboxylic acids is 1. The van der Waals surface area contributed by atoms with Crippen LogP contribution in [0.1, 0.15) is 12.0 Å². The van der Waals surface area contributed by atoms with Crippen molar-refractivity contribution < 1.29 is 23.1 Å². The average Bonchev–Trinajstić information content (AvgIpc) is 2.08. The zero-order chi connectivity index (χ0) is 12.3. The lowest BCUT2D eigenvalue weighted by Crippen LogP contribution is -2.24. The minimum atomic E-state index is -3.49. The van der Waals surface area contributed by atoms with E-state index >= 15 is 0 Å². The third-order valence-corrected chi connectivity index (χ3v) is 2.10. The van der Waals surface area contributed by atoms with Gasteiger partial charge in [-0.25, -0.2) is 13.2 Å². The Morgan fingerprint density at radius 2 is 2.06 bits per heavy atom. The number of carboxylic acids is 1. The van der Waals surface area contributed by atoms with E-state index < -0.39 is 30.6 Å². The molecular formula is C10H8ClF3O2. The maximum absolute atomic E-state index is 13.1. The van der Waals surface area contributed by atoms with E-state index in [9.17, 15) is 18.0 Å². The van der Waals surface area contributed by atoms with Gasteiger partial charge in [-0.05, 0) is 23.8 Å². The molecule has 1 aromatic rings. The van der Waals surface area contributed by atoms with Gasteiger partial charge in [0.25, 0.3) is 5.92 Å². The van der Waals surface area contributed by atoms with Crippen molar-refractivity contribution in [3.8, 4) is 0 Å². The van der Waals surface area contributed by atoms with Gasteiger partial charge in [-0.2, -0.15) is 0 Å². The summed E-state index contributed by atoms with van der Waals surface area (Å²) in [6.07, 6.45) is -2.31. The third-order valence-electron chi connectivity index (χ3n) is 1.87. The van der Waals surface area contributed by atoms with Crippen LogP contribution in [0.4, 0.5) is 13.2 Å². The van der Waals surface area contributed by atoms with Crippen LogP contribution in [0.5, 0.6) is 0 Å². The summed E-state index contributed by atoms with van der Waals surface area (Å²) in [4.78, 5) is 10.2. The molecule has 2 nitrogen and oxygen atoms in total. The van der Waals surface area contributed by atoms with Gasteiger partial charge in [0, 0.05) is 11.4 Å². The van der Waals surface area contributed by atoms with Crippen molar-refractivity contribution in [1.29, 1.82) is 0 Å². The average molecular weight is 253 g/mol. The Labute approximate surface area is 94.6 Å². The summed E-state index contributed by atoms with van der Waals surface area (Å²) in [5.41, 5.74) is -0.293. The number of carbonyl (C=O) groups is 1. The Morgan fingerprint density at radius 1 is 1.44 bits per heavy atom. The maximum Gasteiger partial charge on any atom is 0.309 e. The Morgan fingerprint density at radius 3 is 2.62 bits per heavy atom. The molecule has 0 heterocycles. The largest absolute Gasteiger partial charge is 0.481 e. The molecule has 0 atom stereocenters. The normalized spacial score (nSPS) is 11.5. The van der Waals surface area contributed by atoms with Gasteiger partial charge in [0.1, 0.15) is 12.2 Å². The highest BCUT2D eigenvalue weighted by molar-refractivity contribution is 6.30. The van der Waals surface area contributed by atoms with Crippen molar-refractivity contribution in [3.63, 3.8) is 0 Å². The molecule has 0 bridgehead atoms. The highest BCUT2D eigenvalue weighted by Crippen LogP contribution is 2.26. The first-order valence-corrected chi connectivity index (χ1v) is 4.71. The summed E-state index contributed by atoms with van der Waals surface area (Å²) in [5.74, 6) is -5.95. The van der Waals surface area contributed by atoms with E-state index in [-0.39, 0.29) is 10.6 Å². The molecule has 0 spiro atoms. The monoisotopic (exact) mass is 252 g/mol. The van der Waals surface area contributed by atoms with Crippen LogP contribution in [0, 0.1) is 5.82 Å². The van der Waals surface area contributed by atoms with Gasteiger partial charge < -0.3 is 5.11 Å². The second-order valence-corrected chi connectivity index (χ2v) is 3.78. The van der Waals surface area contributed by atoms with E-state index in [1.165, 1.54) is 6.07 Å². The van der Waals surface area contributed by atoms with Crippen LogP contribution in [0.2, 0.25) is 5.02 Å². The quantitative estimate of drug-likeness (QED) is 0.894. The van der Waals surface area contributed by atoms with Gasteiger partial charge in [0.05, 0.1) is 0 Å². The Balaban J connectivity index is 2.86. The van der Waals surface area contributed by atoms with Crippen molar-refractivity contribution in [2.45, 2.75) is 18.8 Å². The molecule has 0 amide bonds. The summed E-state index contributed by atoms with van der Waals surface area (Å²) in [6.45, 7) is 0. The van der Waals surface area contributed by atoms with Gasteiger partial charge in [-0.1, -0.05) is 11.6 Å². The molecular weight excluding hydrogens is 245 g/mol. The van der Waals surface area contributed by atoms with Gasteiger partial charge >= 0.3 is 5.97 Å². The van der Waals surface area contributed by atoms with Crippen molar-refractivity contribution in [2.75, 3.05) is 0 Å². The van der Waals surface area contributed by atoms with Crippen molar-refractivity contribution in [1.82, 2.24) is 0 Å². The molecule has 0 unspecified atom stereocenters. The summed E-state index contributed by atoms with van der Waals surface area (Å²) in [7, 11) is 0. The highest BCUT2D eigenvalue weighted by atomic mass is 35.5. The molecule has 0 aliphatic carbocycles. The summed E-state index contributed by atoms with van der Waals surface area (Å²) in [5, 5.41) is 8.38. The number of rotatable bonds is 4. The highest BCUT2D eigenvalue weighted by Gasteiger charge is 2.33. The lowest BCUT2D eigenvalue weighted by Gasteiger charge is -2.14. The van der Waals surface area contributed by atoms with Crippen LogP contribution >= 0.6 is 11.6 Å². The fraction of sp³-hybridized carbons (Fsp3) is 0.300. The molecule has 0 saturated carbocycles. The first kappa shape index (κ1) is 12.8. The number of carboxylic acid groups (broad SMARTS) is 1. The molecule has 1 rings (SSSR count). The first-order valence-electron chi connectivity index (χ1n) is 4.34. The van der Waals surface area contributed by atoms with Crippen molar-refractivity contribution in [3.05, 3.63) is 34.6 Å². The van der Waals surface area contributed by atoms with Crippen LogP contribution in [0.15, 0.2) is 18.2 Å². The zero-order valence-corrected chi connectivity index (χ0v) is 8.77. The van der Waals surface area contributed by atoms with Crippen molar-refractivity contribution in [2.24, 2.45) is 0 Å². The third kappa shape index (κ3) is 3.73. The Hall–Kier alpha value is -1.23. The van der Waals surface area contributed by atoms with Crippen LogP contribution in [0.3, 0.4) is 0 Å². The number of hydrogen-bond acceptors (Lipinski definition) is 1. The minimum Gasteiger partial charge on any atom is -0.481 e. The SMILES string of the molecule is O=C(O)CC(F)(F)Cc1cc(Cl)ccc1F. The van der Waals surface area contributed by atoms with Crippen LogP contribution in [0.25, 0.3) is 0 Å². The van der Waals surface area contributed by atoms with E-state index in [0.717, 1.165) is 12.1 Å². The fourth-order valence-corrected chi connectivity index (χ4v) is 1.44. The molecule has 0 saturated heterocycles. The minimum absolute atomic E-state index is 0.127. The number of alkyl halides is 2. The number of halogens is 4. The lowest BCUT2D eigenvalue weighted by atomic mass is 10.0. The van der Waals surface area contributed by atoms with Gasteiger partial charge in [0.2, 0.25) is 0 Å². The van der Waals surface area contributed by atoms with E-state index in [1.807, 2.05) is 0 Å². The van der Waals surface area contributed by atoms with Crippen LogP contribution in [-0.2, 0) is 11.2 Å². The first-order chi connectivity index (χ1) is 7.30. The van der Waals surface area contributed by atoms with Gasteiger partial charge in [-0.15, -0.1) is 0 Å². The Kier molecular flexibility index (Phi) is 3.80. The molecule has 0 aromatic heterocycles. The van der Waals surface area contributed by atoms with Crippen LogP contribution < -0.4 is 0 Å². The summed E-state index contributed by atoms with van der Waals surface area (Å²) < 4.78 is 39.3. The standard InChI is InChI=1S/C10H8ClF3O2/c11-7-1-2-8(12)6(3-7)4-10(13,14)5-9(15)16/h1-3H,4-5H2,(H,15,16). The second kappa shape index (κ2) is 4.74. The topological polar surface area (TPSA) is 37.3 Å². The molecule has 0 aliphatic rings. The molecule has 16 heavy (non-hydrogen) atoms. The van der Waals surface area contributed by atoms with E-state index in [1.54, 1.807) is 0 Å². The summed E-state index contributed by atoms with van der Waals surface area (Å²) >= 11 is 5.52. The van der Waals surface area contributed by atoms with Gasteiger partial charge in [0.15, 0.2) is 0 Å². The molecule has 0 fully saturated rings. The molecule has 0 radical (unpaired) electrons. The van der Waals surface area contributed by atoms with E-state index in [4.69, 9.17) is 16.7 Å².